The first kappa shape index (κ1) is 80.6. The average Bonchev–Trinajstić information content (AvgIpc) is 2.76. The summed E-state index contributed by atoms with van der Waals surface area (Å²) in [6.07, 6.45) is 55.2. The van der Waals surface area contributed by atoms with E-state index in [9.17, 15) is 45.6 Å². The summed E-state index contributed by atoms with van der Waals surface area (Å²) in [7, 11) is 0. The molecule has 0 bridgehead atoms. The lowest BCUT2D eigenvalue weighted by Gasteiger charge is -2.46. The number of carbonyl (C=O) groups excluding carboxylic acids is 1. The number of carbonyl (C=O) groups is 1. The number of unbranched alkanes of at least 4 members (excludes halogenated alkanes) is 44. The SMILES string of the molecule is CCCCCCC/C=C\C/C=C\CCCCCCCCCCCCCCCCCCCCCCCCCCCCCC(=O)NC(COC1OC(CO)C(OC2OC(CO)C(O)C(O)C2O)C(O)C1O)C(O)CCCCCCCCCCCCCCC. The molecule has 14 nitrogen and oxygen atoms in total. The van der Waals surface area contributed by atoms with Gasteiger partial charge >= 0.3 is 0 Å². The van der Waals surface area contributed by atoms with Crippen LogP contribution >= 0.6 is 0 Å². The van der Waals surface area contributed by atoms with E-state index in [0.717, 1.165) is 57.8 Å². The molecule has 2 heterocycles. The lowest BCUT2D eigenvalue weighted by molar-refractivity contribution is -0.359. The minimum absolute atomic E-state index is 0.200. The molecule has 0 aromatic heterocycles. The molecule has 12 unspecified atom stereocenters. The zero-order valence-corrected chi connectivity index (χ0v) is 55.3. The van der Waals surface area contributed by atoms with Crippen LogP contribution < -0.4 is 5.32 Å². The van der Waals surface area contributed by atoms with Crippen molar-refractivity contribution in [1.82, 2.24) is 5.32 Å². The van der Waals surface area contributed by atoms with Gasteiger partial charge in [-0.1, -0.05) is 308 Å². The maximum Gasteiger partial charge on any atom is 0.220 e. The van der Waals surface area contributed by atoms with E-state index in [1.807, 2.05) is 0 Å². The fourth-order valence-electron chi connectivity index (χ4n) is 12.3. The van der Waals surface area contributed by atoms with E-state index in [1.54, 1.807) is 0 Å². The summed E-state index contributed by atoms with van der Waals surface area (Å²) in [5.41, 5.74) is 0. The number of rotatable bonds is 61. The lowest BCUT2D eigenvalue weighted by Crippen LogP contribution is -2.65. The second-order valence-corrected chi connectivity index (χ2v) is 26.1. The number of allylic oxidation sites excluding steroid dienone is 4. The smallest absolute Gasteiger partial charge is 0.220 e. The molecule has 2 fully saturated rings. The van der Waals surface area contributed by atoms with Crippen molar-refractivity contribution in [3.05, 3.63) is 24.3 Å². The quantitative estimate of drug-likeness (QED) is 0.0204. The summed E-state index contributed by atoms with van der Waals surface area (Å²) >= 11 is 0. The van der Waals surface area contributed by atoms with Crippen LogP contribution in [0.3, 0.4) is 0 Å². The molecule has 2 saturated heterocycles. The molecule has 9 N–H and O–H groups in total. The Morgan fingerprint density at radius 1 is 0.419 bits per heavy atom. The number of hydrogen-bond donors (Lipinski definition) is 9. The maximum atomic E-state index is 13.3. The minimum Gasteiger partial charge on any atom is -0.394 e. The summed E-state index contributed by atoms with van der Waals surface area (Å²) in [5, 5.41) is 87.4. The van der Waals surface area contributed by atoms with Gasteiger partial charge < -0.3 is 65.1 Å². The van der Waals surface area contributed by atoms with Gasteiger partial charge in [0.2, 0.25) is 5.91 Å². The van der Waals surface area contributed by atoms with Gasteiger partial charge in [0, 0.05) is 6.42 Å². The molecule has 12 atom stereocenters. The molecule has 0 saturated carbocycles. The molecule has 1 amide bonds. The van der Waals surface area contributed by atoms with Gasteiger partial charge in [-0.25, -0.2) is 0 Å². The van der Waals surface area contributed by atoms with E-state index in [-0.39, 0.29) is 12.5 Å². The number of aliphatic hydroxyl groups excluding tert-OH is 8. The first-order valence-electron chi connectivity index (χ1n) is 36.6. The highest BCUT2D eigenvalue weighted by molar-refractivity contribution is 5.76. The highest BCUT2D eigenvalue weighted by atomic mass is 16.7. The van der Waals surface area contributed by atoms with Gasteiger partial charge in [-0.15, -0.1) is 0 Å². The van der Waals surface area contributed by atoms with Gasteiger partial charge in [0.05, 0.1) is 32.0 Å². The molecule has 2 rings (SSSR count). The molecule has 2 aliphatic rings. The third kappa shape index (κ3) is 41.1. The standard InChI is InChI=1S/C72H137NO13/c1-3-5-7-9-11-13-15-17-18-19-20-21-22-23-24-25-26-27-28-29-30-31-32-33-34-35-36-37-38-39-40-41-42-44-46-48-50-52-54-56-64(77)73-60(61(76)55-53-51-49-47-45-43-16-14-12-10-8-6-4-2)59-83-71-69(82)67(80)70(63(58-75)85-71)86-72-68(81)66(79)65(78)62(57-74)84-72/h15,17,19-20,60-63,65-72,74-76,78-82H,3-14,16,18,21-59H2,1-2H3,(H,73,77)/b17-15-,20-19-. The van der Waals surface area contributed by atoms with Crippen molar-refractivity contribution < 1.29 is 64.6 Å². The molecule has 2 aliphatic heterocycles. The summed E-state index contributed by atoms with van der Waals surface area (Å²) in [5.74, 6) is -0.200. The molecule has 0 spiro atoms. The molecule has 508 valence electrons. The van der Waals surface area contributed by atoms with Crippen LogP contribution in [0.2, 0.25) is 0 Å². The highest BCUT2D eigenvalue weighted by Crippen LogP contribution is 2.30. The molecule has 0 aliphatic carbocycles. The Morgan fingerprint density at radius 2 is 0.767 bits per heavy atom. The molecular formula is C72H137NO13. The van der Waals surface area contributed by atoms with Gasteiger partial charge in [-0.2, -0.15) is 0 Å². The maximum absolute atomic E-state index is 13.3. The summed E-state index contributed by atoms with van der Waals surface area (Å²) < 4.78 is 22.9. The Morgan fingerprint density at radius 3 is 1.16 bits per heavy atom. The topological polar surface area (TPSA) is 228 Å². The van der Waals surface area contributed by atoms with Crippen LogP contribution in [-0.4, -0.2) is 140 Å². The van der Waals surface area contributed by atoms with Crippen molar-refractivity contribution in [3.8, 4) is 0 Å². The van der Waals surface area contributed by atoms with Gasteiger partial charge in [-0.05, 0) is 44.9 Å². The van der Waals surface area contributed by atoms with E-state index in [2.05, 4.69) is 43.5 Å². The second-order valence-electron chi connectivity index (χ2n) is 26.1. The first-order chi connectivity index (χ1) is 42.1. The van der Waals surface area contributed by atoms with Gasteiger partial charge in [0.15, 0.2) is 12.6 Å². The first-order valence-corrected chi connectivity index (χ1v) is 36.6. The Balaban J connectivity index is 1.53. The number of ether oxygens (including phenoxy) is 4. The monoisotopic (exact) mass is 1220 g/mol. The van der Waals surface area contributed by atoms with E-state index in [1.165, 1.54) is 250 Å². The predicted molar refractivity (Wildman–Crippen MR) is 351 cm³/mol. The Bertz CT molecular complexity index is 1540. The fourth-order valence-corrected chi connectivity index (χ4v) is 12.3. The van der Waals surface area contributed by atoms with Crippen molar-refractivity contribution in [3.63, 3.8) is 0 Å². The molecule has 86 heavy (non-hydrogen) atoms. The summed E-state index contributed by atoms with van der Waals surface area (Å²) in [6, 6.07) is -0.825. The summed E-state index contributed by atoms with van der Waals surface area (Å²) in [4.78, 5) is 13.3. The van der Waals surface area contributed by atoms with Crippen LogP contribution in [0, 0.1) is 0 Å². The van der Waals surface area contributed by atoms with E-state index in [0.29, 0.717) is 12.8 Å². The van der Waals surface area contributed by atoms with Crippen LogP contribution in [0.5, 0.6) is 0 Å². The molecule has 0 radical (unpaired) electrons. The molecule has 0 aromatic rings. The lowest BCUT2D eigenvalue weighted by atomic mass is 9.97. The second kappa shape index (κ2) is 57.4. The van der Waals surface area contributed by atoms with Crippen LogP contribution in [0.1, 0.15) is 335 Å². The van der Waals surface area contributed by atoms with Crippen LogP contribution in [0.25, 0.3) is 0 Å². The normalized spacial score (nSPS) is 23.5. The zero-order valence-electron chi connectivity index (χ0n) is 55.3. The number of amides is 1. The Kier molecular flexibility index (Phi) is 53.7. The average molecular weight is 1220 g/mol. The number of aliphatic hydroxyl groups is 8. The number of nitrogens with one attached hydrogen (secondary N) is 1. The fraction of sp³-hybridized carbons (Fsp3) is 0.931. The third-order valence-corrected chi connectivity index (χ3v) is 18.2. The van der Waals surface area contributed by atoms with Crippen molar-refractivity contribution in [2.75, 3.05) is 19.8 Å². The molecular weight excluding hydrogens is 1090 g/mol. The highest BCUT2D eigenvalue weighted by Gasteiger charge is 2.51. The van der Waals surface area contributed by atoms with Crippen molar-refractivity contribution in [2.45, 2.75) is 408 Å². The third-order valence-electron chi connectivity index (χ3n) is 18.2. The van der Waals surface area contributed by atoms with E-state index >= 15 is 0 Å². The van der Waals surface area contributed by atoms with Crippen LogP contribution in [0.4, 0.5) is 0 Å². The van der Waals surface area contributed by atoms with Crippen LogP contribution in [-0.2, 0) is 23.7 Å². The predicted octanol–water partition coefficient (Wildman–Crippen LogP) is 15.1. The van der Waals surface area contributed by atoms with Crippen molar-refractivity contribution >= 4 is 5.91 Å². The van der Waals surface area contributed by atoms with E-state index in [4.69, 9.17) is 18.9 Å². The van der Waals surface area contributed by atoms with E-state index < -0.39 is 86.8 Å². The van der Waals surface area contributed by atoms with Gasteiger partial charge in [-0.3, -0.25) is 4.79 Å². The summed E-state index contributed by atoms with van der Waals surface area (Å²) in [6.45, 7) is 2.88. The zero-order chi connectivity index (χ0) is 62.3. The minimum atomic E-state index is -1.78. The number of hydrogen-bond acceptors (Lipinski definition) is 13. The van der Waals surface area contributed by atoms with Crippen molar-refractivity contribution in [1.29, 1.82) is 0 Å². The van der Waals surface area contributed by atoms with Gasteiger partial charge in [0.25, 0.3) is 0 Å². The molecule has 14 heteroatoms. The Hall–Kier alpha value is -1.53. The largest absolute Gasteiger partial charge is 0.394 e. The van der Waals surface area contributed by atoms with Crippen molar-refractivity contribution in [2.24, 2.45) is 0 Å². The molecule has 0 aromatic carbocycles. The van der Waals surface area contributed by atoms with Crippen LogP contribution in [0.15, 0.2) is 24.3 Å². The Labute approximate surface area is 526 Å². The van der Waals surface area contributed by atoms with Gasteiger partial charge in [0.1, 0.15) is 48.8 Å².